The highest BCUT2D eigenvalue weighted by Gasteiger charge is 2.43. The average molecular weight is 537 g/mol. The Morgan fingerprint density at radius 2 is 1.22 bits per heavy atom. The lowest BCUT2D eigenvalue weighted by Crippen LogP contribution is -2.31. The molecule has 4 aromatic carbocycles. The second-order valence-electron chi connectivity index (χ2n) is 7.85. The predicted molar refractivity (Wildman–Crippen MR) is 143 cm³/mol. The molecule has 0 heterocycles. The van der Waals surface area contributed by atoms with Gasteiger partial charge in [-0.25, -0.2) is 13.0 Å². The van der Waals surface area contributed by atoms with Crippen molar-refractivity contribution in [2.75, 3.05) is 5.32 Å². The molecule has 11 heteroatoms. The largest absolute Gasteiger partial charge is 0.453 e. The lowest BCUT2D eigenvalue weighted by atomic mass is 10.2. The first-order valence-corrected chi connectivity index (χ1v) is 14.2. The summed E-state index contributed by atoms with van der Waals surface area (Å²) in [5.41, 5.74) is 6.21. The van der Waals surface area contributed by atoms with Crippen LogP contribution in [0.25, 0.3) is 0 Å². The van der Waals surface area contributed by atoms with E-state index in [4.69, 9.17) is 20.2 Å². The minimum absolute atomic E-state index is 0.0131. The van der Waals surface area contributed by atoms with E-state index in [0.29, 0.717) is 11.3 Å². The van der Waals surface area contributed by atoms with Crippen LogP contribution in [-0.2, 0) is 14.6 Å². The summed E-state index contributed by atoms with van der Waals surface area (Å²) in [7, 11) is -8.49. The topological polar surface area (TPSA) is 144 Å². The van der Waals surface area contributed by atoms with Crippen molar-refractivity contribution >= 4 is 29.3 Å². The molecule has 190 valence electrons. The van der Waals surface area contributed by atoms with Crippen molar-refractivity contribution in [2.45, 2.75) is 10.7 Å². The number of guanidine groups is 1. The van der Waals surface area contributed by atoms with Gasteiger partial charge in [-0.1, -0.05) is 66.7 Å². The SMILES string of the molecule is N=C(N)Nc1ccc(C(NS(=O)(=O)c2ccccc2)P(=O)(Oc2ccccc2)Oc2ccccc2)cc1. The van der Waals surface area contributed by atoms with Crippen LogP contribution in [0.3, 0.4) is 0 Å². The molecule has 0 aromatic heterocycles. The maximum atomic E-state index is 14.6. The number of anilines is 1. The fourth-order valence-electron chi connectivity index (χ4n) is 3.41. The number of para-hydroxylation sites is 2. The molecule has 0 bridgehead atoms. The Kier molecular flexibility index (Phi) is 7.93. The molecule has 0 radical (unpaired) electrons. The highest BCUT2D eigenvalue weighted by Crippen LogP contribution is 2.59. The molecular weight excluding hydrogens is 511 g/mol. The molecule has 0 aliphatic carbocycles. The summed E-state index contributed by atoms with van der Waals surface area (Å²) >= 11 is 0. The molecule has 4 aromatic rings. The lowest BCUT2D eigenvalue weighted by Gasteiger charge is -2.28. The number of benzene rings is 4. The van der Waals surface area contributed by atoms with Gasteiger partial charge in [-0.2, -0.15) is 4.72 Å². The smallest absolute Gasteiger partial charge is 0.415 e. The van der Waals surface area contributed by atoms with E-state index in [1.54, 1.807) is 103 Å². The van der Waals surface area contributed by atoms with Crippen molar-refractivity contribution in [3.05, 3.63) is 121 Å². The second kappa shape index (κ2) is 11.3. The van der Waals surface area contributed by atoms with Crippen LogP contribution in [0.5, 0.6) is 11.5 Å². The molecular formula is C26H25N4O5PS. The van der Waals surface area contributed by atoms with Gasteiger partial charge in [-0.05, 0) is 54.1 Å². The van der Waals surface area contributed by atoms with Gasteiger partial charge in [0.1, 0.15) is 11.5 Å². The average Bonchev–Trinajstić information content (AvgIpc) is 2.89. The van der Waals surface area contributed by atoms with Gasteiger partial charge in [0.2, 0.25) is 10.0 Å². The first kappa shape index (κ1) is 26.0. The molecule has 37 heavy (non-hydrogen) atoms. The van der Waals surface area contributed by atoms with Crippen LogP contribution in [0.15, 0.2) is 120 Å². The third-order valence-electron chi connectivity index (χ3n) is 5.09. The molecule has 4 rings (SSSR count). The third-order valence-corrected chi connectivity index (χ3v) is 8.70. The Morgan fingerprint density at radius 1 is 0.757 bits per heavy atom. The first-order valence-electron chi connectivity index (χ1n) is 11.1. The van der Waals surface area contributed by atoms with E-state index in [2.05, 4.69) is 10.0 Å². The minimum Gasteiger partial charge on any atom is -0.415 e. The molecule has 1 atom stereocenters. The summed E-state index contributed by atoms with van der Waals surface area (Å²) in [5, 5.41) is 10.1. The number of nitrogens with two attached hydrogens (primary N) is 1. The summed E-state index contributed by atoms with van der Waals surface area (Å²) in [6, 6.07) is 30.8. The maximum Gasteiger partial charge on any atom is 0.453 e. The van der Waals surface area contributed by atoms with Crippen LogP contribution in [0, 0.1) is 5.41 Å². The molecule has 0 saturated heterocycles. The molecule has 1 unspecified atom stereocenters. The Labute approximate surface area is 215 Å². The van der Waals surface area contributed by atoms with Crippen LogP contribution < -0.4 is 24.8 Å². The number of sulfonamides is 1. The highest BCUT2D eigenvalue weighted by molar-refractivity contribution is 7.89. The zero-order valence-electron chi connectivity index (χ0n) is 19.5. The van der Waals surface area contributed by atoms with Gasteiger partial charge in [0, 0.05) is 5.69 Å². The standard InChI is InChI=1S/C26H25N4O5PS/c27-26(28)29-21-18-16-20(17-19-21)25(30-37(32,33)24-14-8-3-9-15-24)36(31,34-22-10-4-1-5-11-22)35-23-12-6-2-7-13-23/h1-19,25,30H,(H4,27,28,29). The molecule has 0 aliphatic heterocycles. The van der Waals surface area contributed by atoms with E-state index in [0.717, 1.165) is 0 Å². The van der Waals surface area contributed by atoms with Crippen molar-refractivity contribution < 1.29 is 22.0 Å². The van der Waals surface area contributed by atoms with Crippen LogP contribution >= 0.6 is 7.60 Å². The van der Waals surface area contributed by atoms with Crippen molar-refractivity contribution in [3.8, 4) is 11.5 Å². The number of hydrogen-bond acceptors (Lipinski definition) is 6. The third kappa shape index (κ3) is 6.77. The van der Waals surface area contributed by atoms with Gasteiger partial charge in [0.25, 0.3) is 0 Å². The summed E-state index contributed by atoms with van der Waals surface area (Å²) in [6.45, 7) is 0. The Morgan fingerprint density at radius 3 is 1.68 bits per heavy atom. The second-order valence-corrected chi connectivity index (χ2v) is 11.5. The van der Waals surface area contributed by atoms with Gasteiger partial charge in [0.05, 0.1) is 4.90 Å². The summed E-state index contributed by atoms with van der Waals surface area (Å²) in [6.07, 6.45) is 0. The fourth-order valence-corrected chi connectivity index (χ4v) is 7.05. The van der Waals surface area contributed by atoms with Crippen molar-refractivity contribution in [1.29, 1.82) is 5.41 Å². The lowest BCUT2D eigenvalue weighted by molar-refractivity contribution is 0.368. The monoisotopic (exact) mass is 536 g/mol. The normalized spacial score (nSPS) is 12.3. The molecule has 5 N–H and O–H groups in total. The fraction of sp³-hybridized carbons (Fsp3) is 0.0385. The number of rotatable bonds is 10. The predicted octanol–water partition coefficient (Wildman–Crippen LogP) is 5.32. The maximum absolute atomic E-state index is 14.6. The Bertz CT molecular complexity index is 1440. The van der Waals surface area contributed by atoms with Crippen LogP contribution in [-0.4, -0.2) is 14.4 Å². The summed E-state index contributed by atoms with van der Waals surface area (Å²) in [5.74, 6) is -1.23. The van der Waals surface area contributed by atoms with Crippen molar-refractivity contribution in [2.24, 2.45) is 5.73 Å². The molecule has 0 aliphatic rings. The van der Waals surface area contributed by atoms with E-state index < -0.39 is 23.4 Å². The van der Waals surface area contributed by atoms with Gasteiger partial charge < -0.3 is 20.1 Å². The van der Waals surface area contributed by atoms with Crippen LogP contribution in [0.4, 0.5) is 5.69 Å². The Balaban J connectivity index is 1.82. The zero-order valence-corrected chi connectivity index (χ0v) is 21.2. The van der Waals surface area contributed by atoms with E-state index in [1.165, 1.54) is 12.1 Å². The quantitative estimate of drug-likeness (QED) is 0.122. The van der Waals surface area contributed by atoms with Gasteiger partial charge in [0.15, 0.2) is 11.7 Å². The number of hydrogen-bond donors (Lipinski definition) is 4. The first-order chi connectivity index (χ1) is 17.7. The van der Waals surface area contributed by atoms with E-state index in [-0.39, 0.29) is 22.4 Å². The van der Waals surface area contributed by atoms with E-state index in [9.17, 15) is 13.0 Å². The molecule has 0 spiro atoms. The minimum atomic E-state index is -4.33. The van der Waals surface area contributed by atoms with Gasteiger partial charge in [-0.3, -0.25) is 5.41 Å². The summed E-state index contributed by atoms with van der Waals surface area (Å²) in [4.78, 5) is -0.0131. The van der Waals surface area contributed by atoms with Gasteiger partial charge >= 0.3 is 7.60 Å². The zero-order chi connectivity index (χ0) is 26.3. The summed E-state index contributed by atoms with van der Waals surface area (Å²) < 4.78 is 55.8. The molecule has 9 nitrogen and oxygen atoms in total. The highest BCUT2D eigenvalue weighted by atomic mass is 32.2. The van der Waals surface area contributed by atoms with Gasteiger partial charge in [-0.15, -0.1) is 0 Å². The molecule has 0 saturated carbocycles. The van der Waals surface area contributed by atoms with Crippen molar-refractivity contribution in [1.82, 2.24) is 4.72 Å². The van der Waals surface area contributed by atoms with Crippen LogP contribution in [0.1, 0.15) is 11.3 Å². The molecule has 0 amide bonds. The van der Waals surface area contributed by atoms with E-state index >= 15 is 0 Å². The Hall–Kier alpha value is -4.11. The van der Waals surface area contributed by atoms with Crippen LogP contribution in [0.2, 0.25) is 0 Å². The number of nitrogens with one attached hydrogen (secondary N) is 3. The van der Waals surface area contributed by atoms with E-state index in [1.807, 2.05) is 0 Å². The molecule has 0 fully saturated rings. The van der Waals surface area contributed by atoms with Crippen molar-refractivity contribution in [3.63, 3.8) is 0 Å².